The molecule has 0 spiro atoms. The Morgan fingerprint density at radius 2 is 1.71 bits per heavy atom. The normalized spacial score (nSPS) is 12.4. The molecule has 0 radical (unpaired) electrons. The molecule has 7 nitrogen and oxygen atoms in total. The molecule has 0 saturated carbocycles. The number of aromatic nitrogens is 1. The summed E-state index contributed by atoms with van der Waals surface area (Å²) in [4.78, 5) is 17.3. The zero-order valence-electron chi connectivity index (χ0n) is 19.7. The Labute approximate surface area is 201 Å². The number of carbonyl (C=O) groups is 1. The molecule has 8 heteroatoms. The van der Waals surface area contributed by atoms with Gasteiger partial charge in [-0.1, -0.05) is 61.9 Å². The maximum Gasteiger partial charge on any atom is 0.241 e. The van der Waals surface area contributed by atoms with Gasteiger partial charge in [0.1, 0.15) is 12.6 Å². The molecule has 1 aromatic heterocycles. The number of carbonyl (C=O) groups excluding carboxylic acids is 1. The quantitative estimate of drug-likeness (QED) is 0.432. The summed E-state index contributed by atoms with van der Waals surface area (Å²) in [7, 11) is -3.83. The van der Waals surface area contributed by atoms with Gasteiger partial charge in [-0.2, -0.15) is 4.72 Å². The lowest BCUT2D eigenvalue weighted by Crippen LogP contribution is -2.47. The number of amides is 1. The van der Waals surface area contributed by atoms with Crippen LogP contribution in [0.25, 0.3) is 0 Å². The van der Waals surface area contributed by atoms with Crippen LogP contribution in [0.1, 0.15) is 37.0 Å². The van der Waals surface area contributed by atoms with Crippen molar-refractivity contribution >= 4 is 15.9 Å². The number of aryl methyl sites for hydroxylation is 1. The highest BCUT2D eigenvalue weighted by Crippen LogP contribution is 2.15. The number of hydrogen-bond donors (Lipinski definition) is 2. The zero-order chi connectivity index (χ0) is 24.6. The predicted octanol–water partition coefficient (Wildman–Crippen LogP) is 3.98. The summed E-state index contributed by atoms with van der Waals surface area (Å²) in [5.41, 5.74) is 2.79. The molecular weight excluding hydrogens is 450 g/mol. The SMILES string of the molecule is Cc1ccc(S(=O)(=O)NC(CC(C)C)C(=O)NCc2ccnc(OCc3ccccc3)c2)cc1. The molecule has 2 aromatic carbocycles. The van der Waals surface area contributed by atoms with E-state index >= 15 is 0 Å². The van der Waals surface area contributed by atoms with Crippen molar-refractivity contribution in [2.24, 2.45) is 5.92 Å². The van der Waals surface area contributed by atoms with E-state index in [4.69, 9.17) is 4.74 Å². The molecule has 34 heavy (non-hydrogen) atoms. The molecule has 3 aromatic rings. The number of sulfonamides is 1. The molecule has 180 valence electrons. The summed E-state index contributed by atoms with van der Waals surface area (Å²) >= 11 is 0. The van der Waals surface area contributed by atoms with Gasteiger partial charge < -0.3 is 10.1 Å². The molecule has 1 heterocycles. The minimum Gasteiger partial charge on any atom is -0.473 e. The smallest absolute Gasteiger partial charge is 0.241 e. The number of benzene rings is 2. The third kappa shape index (κ3) is 7.67. The summed E-state index contributed by atoms with van der Waals surface area (Å²) in [6, 6.07) is 19.0. The van der Waals surface area contributed by atoms with E-state index in [2.05, 4.69) is 15.0 Å². The summed E-state index contributed by atoms with van der Waals surface area (Å²) in [6.07, 6.45) is 1.99. The third-order valence-electron chi connectivity index (χ3n) is 5.15. The van der Waals surface area contributed by atoms with Crippen LogP contribution in [-0.4, -0.2) is 25.4 Å². The molecule has 0 aliphatic carbocycles. The average molecular weight is 482 g/mol. The van der Waals surface area contributed by atoms with E-state index < -0.39 is 16.1 Å². The summed E-state index contributed by atoms with van der Waals surface area (Å²) in [5, 5.41) is 2.84. The minimum absolute atomic E-state index is 0.121. The van der Waals surface area contributed by atoms with Crippen LogP contribution in [0.5, 0.6) is 5.88 Å². The Hall–Kier alpha value is -3.23. The minimum atomic E-state index is -3.83. The monoisotopic (exact) mass is 481 g/mol. The highest BCUT2D eigenvalue weighted by molar-refractivity contribution is 7.89. The Kier molecular flexibility index (Phi) is 8.79. The number of nitrogens with one attached hydrogen (secondary N) is 2. The fourth-order valence-electron chi connectivity index (χ4n) is 3.34. The van der Waals surface area contributed by atoms with Gasteiger partial charge in [-0.15, -0.1) is 0 Å². The molecule has 1 unspecified atom stereocenters. The van der Waals surface area contributed by atoms with E-state index in [9.17, 15) is 13.2 Å². The van der Waals surface area contributed by atoms with E-state index in [0.29, 0.717) is 18.9 Å². The van der Waals surface area contributed by atoms with Gasteiger partial charge in [-0.25, -0.2) is 13.4 Å². The first kappa shape index (κ1) is 25.4. The standard InChI is InChI=1S/C26H31N3O4S/c1-19(2)15-24(29-34(31,32)23-11-9-20(3)10-12-23)26(30)28-17-22-13-14-27-25(16-22)33-18-21-7-5-4-6-8-21/h4-14,16,19,24,29H,15,17-18H2,1-3H3,(H,28,30). The molecule has 0 bridgehead atoms. The molecule has 1 amide bonds. The molecular formula is C26H31N3O4S. The van der Waals surface area contributed by atoms with E-state index in [1.807, 2.05) is 51.1 Å². The van der Waals surface area contributed by atoms with Crippen LogP contribution in [0, 0.1) is 12.8 Å². The Morgan fingerprint density at radius 1 is 1.00 bits per heavy atom. The maximum absolute atomic E-state index is 12.9. The second kappa shape index (κ2) is 11.8. The Bertz CT molecular complexity index is 1180. The van der Waals surface area contributed by atoms with Crippen LogP contribution < -0.4 is 14.8 Å². The number of rotatable bonds is 11. The van der Waals surface area contributed by atoms with E-state index in [1.54, 1.807) is 30.5 Å². The van der Waals surface area contributed by atoms with Crippen LogP contribution in [0.3, 0.4) is 0 Å². The van der Waals surface area contributed by atoms with Crippen LogP contribution in [0.15, 0.2) is 77.8 Å². The molecule has 3 rings (SSSR count). The van der Waals surface area contributed by atoms with Crippen molar-refractivity contribution < 1.29 is 17.9 Å². The van der Waals surface area contributed by atoms with Gasteiger partial charge in [0.15, 0.2) is 0 Å². The molecule has 0 aliphatic heterocycles. The number of ether oxygens (including phenoxy) is 1. The highest BCUT2D eigenvalue weighted by atomic mass is 32.2. The number of pyridine rings is 1. The van der Waals surface area contributed by atoms with Crippen molar-refractivity contribution in [1.29, 1.82) is 0 Å². The fraction of sp³-hybridized carbons (Fsp3) is 0.308. The van der Waals surface area contributed by atoms with Crippen molar-refractivity contribution in [2.45, 2.75) is 51.3 Å². The van der Waals surface area contributed by atoms with E-state index in [-0.39, 0.29) is 23.3 Å². The van der Waals surface area contributed by atoms with Gasteiger partial charge in [0, 0.05) is 18.8 Å². The lowest BCUT2D eigenvalue weighted by molar-refractivity contribution is -0.123. The number of nitrogens with zero attached hydrogens (tertiary/aromatic N) is 1. The summed E-state index contributed by atoms with van der Waals surface area (Å²) in [6.45, 7) is 6.39. The van der Waals surface area contributed by atoms with Gasteiger partial charge in [0.2, 0.25) is 21.8 Å². The fourth-order valence-corrected chi connectivity index (χ4v) is 4.54. The molecule has 0 saturated heterocycles. The molecule has 0 aliphatic rings. The van der Waals surface area contributed by atoms with Crippen LogP contribution in [0.2, 0.25) is 0 Å². The topological polar surface area (TPSA) is 97.4 Å². The van der Waals surface area contributed by atoms with Gasteiger partial charge in [0.25, 0.3) is 0 Å². The molecule has 2 N–H and O–H groups in total. The highest BCUT2D eigenvalue weighted by Gasteiger charge is 2.26. The van der Waals surface area contributed by atoms with Gasteiger partial charge in [-0.05, 0) is 48.6 Å². The average Bonchev–Trinajstić information content (AvgIpc) is 2.81. The van der Waals surface area contributed by atoms with E-state index in [1.165, 1.54) is 12.1 Å². The Balaban J connectivity index is 1.62. The van der Waals surface area contributed by atoms with Gasteiger partial charge in [-0.3, -0.25) is 4.79 Å². The van der Waals surface area contributed by atoms with Crippen molar-refractivity contribution in [1.82, 2.24) is 15.0 Å². The first-order chi connectivity index (χ1) is 16.2. The van der Waals surface area contributed by atoms with Gasteiger partial charge >= 0.3 is 0 Å². The lowest BCUT2D eigenvalue weighted by Gasteiger charge is -2.20. The van der Waals surface area contributed by atoms with Crippen molar-refractivity contribution in [2.75, 3.05) is 0 Å². The summed E-state index contributed by atoms with van der Waals surface area (Å²) in [5.74, 6) is 0.192. The van der Waals surface area contributed by atoms with Crippen LogP contribution in [0.4, 0.5) is 0 Å². The number of hydrogen-bond acceptors (Lipinski definition) is 5. The van der Waals surface area contributed by atoms with Crippen molar-refractivity contribution in [3.05, 3.63) is 89.6 Å². The third-order valence-corrected chi connectivity index (χ3v) is 6.64. The Morgan fingerprint density at radius 3 is 2.38 bits per heavy atom. The van der Waals surface area contributed by atoms with Crippen molar-refractivity contribution in [3.8, 4) is 5.88 Å². The van der Waals surface area contributed by atoms with Crippen LogP contribution in [-0.2, 0) is 28.0 Å². The second-order valence-electron chi connectivity index (χ2n) is 8.61. The molecule has 0 fully saturated rings. The maximum atomic E-state index is 12.9. The molecule has 1 atom stereocenters. The largest absolute Gasteiger partial charge is 0.473 e. The lowest BCUT2D eigenvalue weighted by atomic mass is 10.0. The van der Waals surface area contributed by atoms with Gasteiger partial charge in [0.05, 0.1) is 4.90 Å². The first-order valence-corrected chi connectivity index (χ1v) is 12.7. The second-order valence-corrected chi connectivity index (χ2v) is 10.3. The van der Waals surface area contributed by atoms with Crippen molar-refractivity contribution in [3.63, 3.8) is 0 Å². The zero-order valence-corrected chi connectivity index (χ0v) is 20.5. The predicted molar refractivity (Wildman–Crippen MR) is 132 cm³/mol. The first-order valence-electron chi connectivity index (χ1n) is 11.2. The summed E-state index contributed by atoms with van der Waals surface area (Å²) < 4.78 is 34.0. The van der Waals surface area contributed by atoms with Crippen LogP contribution >= 0.6 is 0 Å². The van der Waals surface area contributed by atoms with E-state index in [0.717, 1.165) is 16.7 Å².